The van der Waals surface area contributed by atoms with Crippen molar-refractivity contribution in [2.75, 3.05) is 46.3 Å². The first-order valence-electron chi connectivity index (χ1n) is 8.37. The molecule has 1 atom stereocenters. The van der Waals surface area contributed by atoms with Crippen molar-refractivity contribution in [1.29, 1.82) is 0 Å². The molecular formula is C16H35N3. The summed E-state index contributed by atoms with van der Waals surface area (Å²) in [6, 6.07) is 0.735. The van der Waals surface area contributed by atoms with Gasteiger partial charge >= 0.3 is 0 Å². The standard InChI is InChI=1S/C16H35N3/c1-4-10-17-11-7-5-6-8-13-19-14-9-12-18(3)15-16(19)2/h16-17H,4-15H2,1-3H3. The van der Waals surface area contributed by atoms with E-state index in [2.05, 4.69) is 36.0 Å². The topological polar surface area (TPSA) is 18.5 Å². The minimum absolute atomic E-state index is 0.735. The second-order valence-electron chi connectivity index (χ2n) is 6.17. The van der Waals surface area contributed by atoms with Crippen LogP contribution in [0.4, 0.5) is 0 Å². The number of nitrogens with one attached hydrogen (secondary N) is 1. The average molecular weight is 269 g/mol. The fraction of sp³-hybridized carbons (Fsp3) is 1.00. The Balaban J connectivity index is 1.99. The van der Waals surface area contributed by atoms with Crippen molar-refractivity contribution in [3.8, 4) is 0 Å². The molecule has 0 aromatic rings. The van der Waals surface area contributed by atoms with Crippen molar-refractivity contribution in [3.05, 3.63) is 0 Å². The molecule has 1 heterocycles. The van der Waals surface area contributed by atoms with E-state index in [-0.39, 0.29) is 0 Å². The van der Waals surface area contributed by atoms with E-state index in [0.717, 1.165) is 6.04 Å². The summed E-state index contributed by atoms with van der Waals surface area (Å²) < 4.78 is 0. The summed E-state index contributed by atoms with van der Waals surface area (Å²) in [6.45, 7) is 12.1. The van der Waals surface area contributed by atoms with E-state index in [9.17, 15) is 0 Å². The Hall–Kier alpha value is -0.120. The molecule has 1 rings (SSSR count). The first kappa shape index (κ1) is 16.9. The lowest BCUT2D eigenvalue weighted by molar-refractivity contribution is 0.198. The summed E-state index contributed by atoms with van der Waals surface area (Å²) >= 11 is 0. The van der Waals surface area contributed by atoms with Crippen LogP contribution in [0.1, 0.15) is 52.4 Å². The van der Waals surface area contributed by atoms with Gasteiger partial charge in [-0.3, -0.25) is 4.90 Å². The zero-order valence-electron chi connectivity index (χ0n) is 13.5. The number of nitrogens with zero attached hydrogens (tertiary/aromatic N) is 2. The Kier molecular flexibility index (Phi) is 9.48. The van der Waals surface area contributed by atoms with Crippen LogP contribution in [0.15, 0.2) is 0 Å². The van der Waals surface area contributed by atoms with Crippen molar-refractivity contribution < 1.29 is 0 Å². The first-order chi connectivity index (χ1) is 9.24. The number of unbranched alkanes of at least 4 members (excludes halogenated alkanes) is 3. The largest absolute Gasteiger partial charge is 0.317 e. The Morgan fingerprint density at radius 3 is 2.63 bits per heavy atom. The zero-order valence-corrected chi connectivity index (χ0v) is 13.5. The van der Waals surface area contributed by atoms with E-state index in [1.165, 1.54) is 77.8 Å². The van der Waals surface area contributed by atoms with Crippen molar-refractivity contribution in [1.82, 2.24) is 15.1 Å². The van der Waals surface area contributed by atoms with Gasteiger partial charge in [0.05, 0.1) is 0 Å². The summed E-state index contributed by atoms with van der Waals surface area (Å²) in [5, 5.41) is 3.48. The highest BCUT2D eigenvalue weighted by Crippen LogP contribution is 2.10. The molecule has 1 saturated heterocycles. The van der Waals surface area contributed by atoms with Crippen LogP contribution in [-0.4, -0.2) is 62.2 Å². The fourth-order valence-corrected chi connectivity index (χ4v) is 2.97. The molecule has 0 aromatic heterocycles. The fourth-order valence-electron chi connectivity index (χ4n) is 2.97. The predicted octanol–water partition coefficient (Wildman–Crippen LogP) is 2.57. The lowest BCUT2D eigenvalue weighted by Crippen LogP contribution is -2.38. The Labute approximate surface area is 120 Å². The Morgan fingerprint density at radius 1 is 1.05 bits per heavy atom. The monoisotopic (exact) mass is 269 g/mol. The number of hydrogen-bond acceptors (Lipinski definition) is 3. The smallest absolute Gasteiger partial charge is 0.0194 e. The summed E-state index contributed by atoms with van der Waals surface area (Å²) in [4.78, 5) is 5.17. The summed E-state index contributed by atoms with van der Waals surface area (Å²) in [6.07, 6.45) is 8.09. The molecule has 0 spiro atoms. The molecule has 19 heavy (non-hydrogen) atoms. The van der Waals surface area contributed by atoms with Gasteiger partial charge in [-0.1, -0.05) is 19.8 Å². The van der Waals surface area contributed by atoms with Gasteiger partial charge < -0.3 is 10.2 Å². The van der Waals surface area contributed by atoms with E-state index >= 15 is 0 Å². The van der Waals surface area contributed by atoms with Crippen LogP contribution >= 0.6 is 0 Å². The van der Waals surface area contributed by atoms with E-state index in [1.54, 1.807) is 0 Å². The third kappa shape index (κ3) is 7.91. The second kappa shape index (κ2) is 10.6. The second-order valence-corrected chi connectivity index (χ2v) is 6.17. The van der Waals surface area contributed by atoms with Crippen LogP contribution in [0.2, 0.25) is 0 Å². The third-order valence-electron chi connectivity index (χ3n) is 4.16. The molecule has 3 heteroatoms. The normalized spacial score (nSPS) is 22.6. The van der Waals surface area contributed by atoms with Gasteiger partial charge in [-0.15, -0.1) is 0 Å². The highest BCUT2D eigenvalue weighted by Gasteiger charge is 2.18. The van der Waals surface area contributed by atoms with Crippen LogP contribution in [0.3, 0.4) is 0 Å². The molecule has 0 radical (unpaired) electrons. The van der Waals surface area contributed by atoms with E-state index < -0.39 is 0 Å². The molecule has 1 N–H and O–H groups in total. The van der Waals surface area contributed by atoms with Gasteiger partial charge in [0.2, 0.25) is 0 Å². The maximum Gasteiger partial charge on any atom is 0.0194 e. The van der Waals surface area contributed by atoms with Crippen molar-refractivity contribution in [2.24, 2.45) is 0 Å². The highest BCUT2D eigenvalue weighted by molar-refractivity contribution is 4.75. The van der Waals surface area contributed by atoms with E-state index in [1.807, 2.05) is 0 Å². The van der Waals surface area contributed by atoms with Crippen molar-refractivity contribution >= 4 is 0 Å². The van der Waals surface area contributed by atoms with Crippen molar-refractivity contribution in [2.45, 2.75) is 58.4 Å². The average Bonchev–Trinajstić information content (AvgIpc) is 2.54. The first-order valence-corrected chi connectivity index (χ1v) is 8.37. The summed E-state index contributed by atoms with van der Waals surface area (Å²) in [5.74, 6) is 0. The van der Waals surface area contributed by atoms with E-state index in [4.69, 9.17) is 0 Å². The summed E-state index contributed by atoms with van der Waals surface area (Å²) in [7, 11) is 2.25. The molecule has 0 saturated carbocycles. The Morgan fingerprint density at radius 2 is 1.84 bits per heavy atom. The van der Waals surface area contributed by atoms with Gasteiger partial charge in [0.25, 0.3) is 0 Å². The highest BCUT2D eigenvalue weighted by atomic mass is 15.2. The lowest BCUT2D eigenvalue weighted by Gasteiger charge is -2.27. The molecule has 0 aromatic carbocycles. The van der Waals surface area contributed by atoms with Gasteiger partial charge in [-0.25, -0.2) is 0 Å². The molecule has 1 aliphatic heterocycles. The minimum Gasteiger partial charge on any atom is -0.317 e. The van der Waals surface area contributed by atoms with Crippen LogP contribution in [0.25, 0.3) is 0 Å². The van der Waals surface area contributed by atoms with Crippen molar-refractivity contribution in [3.63, 3.8) is 0 Å². The molecule has 0 bridgehead atoms. The molecule has 3 nitrogen and oxygen atoms in total. The van der Waals surface area contributed by atoms with Gasteiger partial charge in [0.1, 0.15) is 0 Å². The lowest BCUT2D eigenvalue weighted by atomic mass is 10.1. The van der Waals surface area contributed by atoms with Crippen LogP contribution in [-0.2, 0) is 0 Å². The number of rotatable bonds is 9. The number of hydrogen-bond donors (Lipinski definition) is 1. The van der Waals surface area contributed by atoms with Crippen LogP contribution < -0.4 is 5.32 Å². The minimum atomic E-state index is 0.735. The van der Waals surface area contributed by atoms with Crippen LogP contribution in [0.5, 0.6) is 0 Å². The summed E-state index contributed by atoms with van der Waals surface area (Å²) in [5.41, 5.74) is 0. The molecule has 1 unspecified atom stereocenters. The van der Waals surface area contributed by atoms with Crippen LogP contribution in [0, 0.1) is 0 Å². The molecule has 0 amide bonds. The maximum absolute atomic E-state index is 3.48. The quantitative estimate of drug-likeness (QED) is 0.649. The third-order valence-corrected chi connectivity index (χ3v) is 4.16. The molecule has 1 fully saturated rings. The molecular weight excluding hydrogens is 234 g/mol. The molecule has 114 valence electrons. The van der Waals surface area contributed by atoms with E-state index in [0.29, 0.717) is 0 Å². The van der Waals surface area contributed by atoms with Gasteiger partial charge in [-0.2, -0.15) is 0 Å². The van der Waals surface area contributed by atoms with Gasteiger partial charge in [0.15, 0.2) is 0 Å². The maximum atomic E-state index is 3.48. The SMILES string of the molecule is CCCNCCCCCCN1CCCN(C)CC1C. The molecule has 0 aliphatic carbocycles. The van der Waals surface area contributed by atoms with Gasteiger partial charge in [-0.05, 0) is 72.4 Å². The predicted molar refractivity (Wildman–Crippen MR) is 84.8 cm³/mol. The Bertz CT molecular complexity index is 208. The van der Waals surface area contributed by atoms with Gasteiger partial charge in [0, 0.05) is 12.6 Å². The number of likely N-dealkylation sites (N-methyl/N-ethyl adjacent to an activating group) is 1. The zero-order chi connectivity index (χ0) is 13.9. The molecule has 1 aliphatic rings.